The quantitative estimate of drug-likeness (QED) is 0.173. The maximum atomic E-state index is 5.37. The van der Waals surface area contributed by atoms with E-state index in [9.17, 15) is 0 Å². The van der Waals surface area contributed by atoms with E-state index in [1.54, 1.807) is 0 Å². The Balaban J connectivity index is 1.04. The largest absolute Gasteiger partial charge is 0.228 e. The Hall–Kier alpha value is -7.42. The molecule has 0 N–H and O–H groups in total. The highest BCUT2D eigenvalue weighted by molar-refractivity contribution is 6.09. The van der Waals surface area contributed by atoms with Crippen LogP contribution >= 0.6 is 0 Å². The lowest BCUT2D eigenvalue weighted by molar-refractivity contribution is 0.660. The van der Waals surface area contributed by atoms with Gasteiger partial charge in [-0.2, -0.15) is 0 Å². The van der Waals surface area contributed by atoms with E-state index < -0.39 is 0 Å². The molecule has 0 saturated carbocycles. The summed E-state index contributed by atoms with van der Waals surface area (Å²) in [6.07, 6.45) is 0. The molecule has 1 aromatic heterocycles. The molecule has 0 radical (unpaired) electrons. The van der Waals surface area contributed by atoms with Gasteiger partial charge in [0.05, 0.1) is 11.4 Å². The normalized spacial score (nSPS) is 14.1. The lowest BCUT2D eigenvalue weighted by Gasteiger charge is -2.22. The zero-order valence-electron chi connectivity index (χ0n) is 35.4. The van der Waals surface area contributed by atoms with Gasteiger partial charge in [0, 0.05) is 27.5 Å². The number of hydrogen-bond donors (Lipinski definition) is 0. The summed E-state index contributed by atoms with van der Waals surface area (Å²) < 4.78 is 0. The fraction of sp³-hybridized carbons (Fsp3) is 0.100. The van der Waals surface area contributed by atoms with Crippen LogP contribution in [0.3, 0.4) is 0 Å². The third-order valence-electron chi connectivity index (χ3n) is 13.9. The molecular formula is C60H44N2. The Morgan fingerprint density at radius 1 is 0.306 bits per heavy atom. The molecule has 0 fully saturated rings. The van der Waals surface area contributed by atoms with Crippen LogP contribution in [0.15, 0.2) is 194 Å². The second-order valence-electron chi connectivity index (χ2n) is 18.1. The Kier molecular flexibility index (Phi) is 7.96. The summed E-state index contributed by atoms with van der Waals surface area (Å²) in [6, 6.07) is 71.0. The monoisotopic (exact) mass is 792 g/mol. The molecule has 12 rings (SSSR count). The maximum absolute atomic E-state index is 5.37. The van der Waals surface area contributed by atoms with Gasteiger partial charge in [0.15, 0.2) is 5.82 Å². The summed E-state index contributed by atoms with van der Waals surface area (Å²) in [5.74, 6) is 0.706. The lowest BCUT2D eigenvalue weighted by Crippen LogP contribution is -2.14. The van der Waals surface area contributed by atoms with Crippen LogP contribution in [0, 0.1) is 0 Å². The molecule has 9 aromatic carbocycles. The van der Waals surface area contributed by atoms with Gasteiger partial charge in [-0.25, -0.2) is 9.97 Å². The molecule has 0 bridgehead atoms. The molecule has 0 aliphatic heterocycles. The van der Waals surface area contributed by atoms with Gasteiger partial charge in [0.25, 0.3) is 0 Å². The maximum Gasteiger partial charge on any atom is 0.160 e. The van der Waals surface area contributed by atoms with Crippen molar-refractivity contribution < 1.29 is 0 Å². The van der Waals surface area contributed by atoms with Crippen molar-refractivity contribution in [2.24, 2.45) is 0 Å². The second-order valence-corrected chi connectivity index (χ2v) is 18.1. The SMILES string of the molecule is CC1(C)c2ccccc2-c2cc(-c3ccccc3-c3cc(-c4ccc(-c5cccc6c5-c5cc7ccccc7cc5C6(C)C)c5ccccc45)nc(-c4ccccc4)n3)ccc21. The fourth-order valence-corrected chi connectivity index (χ4v) is 10.7. The number of hydrogen-bond acceptors (Lipinski definition) is 2. The highest BCUT2D eigenvalue weighted by Gasteiger charge is 2.38. The molecule has 2 aliphatic carbocycles. The van der Waals surface area contributed by atoms with E-state index in [0.29, 0.717) is 5.82 Å². The minimum absolute atomic E-state index is 0.0506. The molecule has 1 heterocycles. The van der Waals surface area contributed by atoms with Crippen LogP contribution in [0.25, 0.3) is 100.0 Å². The molecule has 0 spiro atoms. The highest BCUT2D eigenvalue weighted by atomic mass is 14.9. The smallest absolute Gasteiger partial charge is 0.160 e. The predicted octanol–water partition coefficient (Wildman–Crippen LogP) is 15.7. The first kappa shape index (κ1) is 36.4. The summed E-state index contributed by atoms with van der Waals surface area (Å²) >= 11 is 0. The molecule has 0 atom stereocenters. The molecule has 294 valence electrons. The summed E-state index contributed by atoms with van der Waals surface area (Å²) in [5, 5.41) is 4.92. The number of benzene rings is 9. The molecule has 2 heteroatoms. The van der Waals surface area contributed by atoms with Crippen LogP contribution in [0.2, 0.25) is 0 Å². The first-order valence-electron chi connectivity index (χ1n) is 21.7. The van der Waals surface area contributed by atoms with E-state index in [2.05, 4.69) is 216 Å². The van der Waals surface area contributed by atoms with E-state index in [0.717, 1.165) is 39.0 Å². The lowest BCUT2D eigenvalue weighted by atomic mass is 9.81. The van der Waals surface area contributed by atoms with Crippen LogP contribution < -0.4 is 0 Å². The van der Waals surface area contributed by atoms with Gasteiger partial charge in [-0.3, -0.25) is 0 Å². The summed E-state index contributed by atoms with van der Waals surface area (Å²) in [5.41, 5.74) is 20.4. The highest BCUT2D eigenvalue weighted by Crippen LogP contribution is 2.54. The van der Waals surface area contributed by atoms with Gasteiger partial charge in [0.1, 0.15) is 0 Å². The minimum atomic E-state index is -0.122. The summed E-state index contributed by atoms with van der Waals surface area (Å²) in [7, 11) is 0. The standard InChI is InChI=1S/C60H44N2/c1-59(2)51-27-15-14-24-45(51)49-34-40(29-32-52(49)59)41-21-10-13-25-46(41)55-36-56(62-58(61-55)37-17-6-5-7-18-37)47-31-30-44(42-22-11-12-23-43(42)47)48-26-16-28-53-57(48)50-33-38-19-8-9-20-39(38)35-54(50)60(53,3)4/h5-36H,1-4H3. The first-order valence-corrected chi connectivity index (χ1v) is 21.7. The van der Waals surface area contributed by atoms with Crippen molar-refractivity contribution in [2.45, 2.75) is 38.5 Å². The van der Waals surface area contributed by atoms with Gasteiger partial charge in [-0.1, -0.05) is 198 Å². The third kappa shape index (κ3) is 5.43. The van der Waals surface area contributed by atoms with Gasteiger partial charge in [-0.05, 0) is 113 Å². The number of nitrogens with zero attached hydrogens (tertiary/aromatic N) is 2. The zero-order valence-corrected chi connectivity index (χ0v) is 35.4. The minimum Gasteiger partial charge on any atom is -0.228 e. The van der Waals surface area contributed by atoms with Crippen molar-refractivity contribution in [1.82, 2.24) is 9.97 Å². The molecule has 0 amide bonds. The van der Waals surface area contributed by atoms with Gasteiger partial charge in [-0.15, -0.1) is 0 Å². The van der Waals surface area contributed by atoms with Crippen molar-refractivity contribution in [1.29, 1.82) is 0 Å². The first-order chi connectivity index (χ1) is 30.3. The van der Waals surface area contributed by atoms with Crippen LogP contribution in [0.1, 0.15) is 49.9 Å². The topological polar surface area (TPSA) is 25.8 Å². The molecular weight excluding hydrogens is 749 g/mol. The van der Waals surface area contributed by atoms with E-state index in [1.807, 2.05) is 6.07 Å². The average molecular weight is 793 g/mol. The summed E-state index contributed by atoms with van der Waals surface area (Å²) in [4.78, 5) is 10.7. The Morgan fingerprint density at radius 3 is 1.66 bits per heavy atom. The number of fused-ring (bicyclic) bond motifs is 8. The van der Waals surface area contributed by atoms with E-state index in [4.69, 9.17) is 9.97 Å². The van der Waals surface area contributed by atoms with Crippen molar-refractivity contribution in [3.8, 4) is 78.4 Å². The van der Waals surface area contributed by atoms with Crippen molar-refractivity contribution >= 4 is 21.5 Å². The van der Waals surface area contributed by atoms with Crippen LogP contribution in [0.4, 0.5) is 0 Å². The van der Waals surface area contributed by atoms with Crippen LogP contribution in [-0.4, -0.2) is 9.97 Å². The van der Waals surface area contributed by atoms with Crippen LogP contribution in [-0.2, 0) is 10.8 Å². The van der Waals surface area contributed by atoms with E-state index in [-0.39, 0.29) is 10.8 Å². The molecule has 2 aliphatic rings. The second kappa shape index (κ2) is 13.5. The summed E-state index contributed by atoms with van der Waals surface area (Å²) in [6.45, 7) is 9.42. The predicted molar refractivity (Wildman–Crippen MR) is 259 cm³/mol. The third-order valence-corrected chi connectivity index (χ3v) is 13.9. The van der Waals surface area contributed by atoms with Crippen molar-refractivity contribution in [3.63, 3.8) is 0 Å². The van der Waals surface area contributed by atoms with Gasteiger partial charge < -0.3 is 0 Å². The Labute approximate surface area is 363 Å². The Morgan fingerprint density at radius 2 is 0.871 bits per heavy atom. The fourth-order valence-electron chi connectivity index (χ4n) is 10.7. The molecule has 2 nitrogen and oxygen atoms in total. The van der Waals surface area contributed by atoms with Crippen molar-refractivity contribution in [3.05, 3.63) is 216 Å². The molecule has 10 aromatic rings. The zero-order chi connectivity index (χ0) is 41.7. The van der Waals surface area contributed by atoms with Gasteiger partial charge in [0.2, 0.25) is 0 Å². The molecule has 62 heavy (non-hydrogen) atoms. The average Bonchev–Trinajstić information content (AvgIpc) is 3.69. The van der Waals surface area contributed by atoms with E-state index in [1.165, 1.54) is 77.4 Å². The van der Waals surface area contributed by atoms with Crippen molar-refractivity contribution in [2.75, 3.05) is 0 Å². The molecule has 0 saturated heterocycles. The van der Waals surface area contributed by atoms with Crippen LogP contribution in [0.5, 0.6) is 0 Å². The Bertz CT molecular complexity index is 3460. The van der Waals surface area contributed by atoms with E-state index >= 15 is 0 Å². The molecule has 0 unspecified atom stereocenters. The number of aromatic nitrogens is 2. The number of rotatable bonds is 5. The van der Waals surface area contributed by atoms with Gasteiger partial charge >= 0.3 is 0 Å².